The van der Waals surface area contributed by atoms with Gasteiger partial charge < -0.3 is 10.1 Å². The molecule has 0 fully saturated rings. The average Bonchev–Trinajstić information content (AvgIpc) is 2.83. The molecule has 3 rings (SSSR count). The number of ether oxygens (including phenoxy) is 1. The van der Waals surface area contributed by atoms with Crippen LogP contribution in [0.3, 0.4) is 0 Å². The van der Waals surface area contributed by atoms with Gasteiger partial charge in [-0.2, -0.15) is 0 Å². The van der Waals surface area contributed by atoms with Crippen molar-refractivity contribution in [2.24, 2.45) is 0 Å². The lowest BCUT2D eigenvalue weighted by Gasteiger charge is -2.25. The Hall–Kier alpha value is -2.10. The molecule has 1 aliphatic rings. The number of sulfonamides is 1. The molecular weight excluding hydrogens is 376 g/mol. The molecule has 1 N–H and O–H groups in total. The van der Waals surface area contributed by atoms with Crippen LogP contribution in [0.25, 0.3) is 0 Å². The van der Waals surface area contributed by atoms with Gasteiger partial charge >= 0.3 is 0 Å². The van der Waals surface area contributed by atoms with Crippen molar-refractivity contribution in [3.05, 3.63) is 48.0 Å². The van der Waals surface area contributed by atoms with Gasteiger partial charge in [-0.3, -0.25) is 4.31 Å². The van der Waals surface area contributed by atoms with Crippen LogP contribution in [0.5, 0.6) is 5.75 Å². The molecule has 1 aliphatic heterocycles. The Labute approximate surface area is 153 Å². The minimum absolute atomic E-state index is 0.0712. The molecule has 0 spiro atoms. The van der Waals surface area contributed by atoms with E-state index in [1.807, 2.05) is 12.1 Å². The Kier molecular flexibility index (Phi) is 4.96. The minimum atomic E-state index is -4.02. The first-order valence-electron chi connectivity index (χ1n) is 7.94. The van der Waals surface area contributed by atoms with Gasteiger partial charge in [0.05, 0.1) is 17.7 Å². The third kappa shape index (κ3) is 3.42. The molecule has 0 unspecified atom stereocenters. The van der Waals surface area contributed by atoms with Crippen molar-refractivity contribution in [2.75, 3.05) is 30.8 Å². The maximum absolute atomic E-state index is 13.4. The molecule has 0 saturated heterocycles. The lowest BCUT2D eigenvalue weighted by atomic mass is 10.2. The molecule has 0 radical (unpaired) electrons. The highest BCUT2D eigenvalue weighted by molar-refractivity contribution is 7.93. The molecular formula is C17H20N2O5S2. The molecule has 0 aliphatic carbocycles. The van der Waals surface area contributed by atoms with Gasteiger partial charge in [-0.25, -0.2) is 16.8 Å². The van der Waals surface area contributed by atoms with Gasteiger partial charge in [0, 0.05) is 25.9 Å². The van der Waals surface area contributed by atoms with Gasteiger partial charge in [0.2, 0.25) is 0 Å². The van der Waals surface area contributed by atoms with Crippen LogP contribution < -0.4 is 14.4 Å². The molecule has 0 aromatic heterocycles. The van der Waals surface area contributed by atoms with E-state index in [0.29, 0.717) is 18.8 Å². The van der Waals surface area contributed by atoms with E-state index in [9.17, 15) is 16.8 Å². The second kappa shape index (κ2) is 6.90. The second-order valence-electron chi connectivity index (χ2n) is 5.97. The molecule has 140 valence electrons. The lowest BCUT2D eigenvalue weighted by molar-refractivity contribution is 0.402. The van der Waals surface area contributed by atoms with Crippen molar-refractivity contribution in [2.45, 2.75) is 16.3 Å². The van der Waals surface area contributed by atoms with Gasteiger partial charge in [0.1, 0.15) is 10.6 Å². The van der Waals surface area contributed by atoms with Gasteiger partial charge in [0.15, 0.2) is 9.84 Å². The van der Waals surface area contributed by atoms with E-state index in [1.54, 1.807) is 12.1 Å². The summed E-state index contributed by atoms with van der Waals surface area (Å²) in [5.74, 6) is 0.104. The molecule has 7 nitrogen and oxygen atoms in total. The second-order valence-corrected chi connectivity index (χ2v) is 9.81. The number of sulfone groups is 1. The van der Waals surface area contributed by atoms with Gasteiger partial charge in [-0.1, -0.05) is 18.2 Å². The SMILES string of the molecule is COc1ccc(S(C)(=O)=O)cc1S(=O)(=O)N1CCNCc2ccccc21. The normalized spacial score (nSPS) is 15.2. The molecule has 0 atom stereocenters. The Bertz CT molecular complexity index is 1030. The number of hydrogen-bond acceptors (Lipinski definition) is 6. The molecule has 9 heteroatoms. The fraction of sp³-hybridized carbons (Fsp3) is 0.294. The summed E-state index contributed by atoms with van der Waals surface area (Å²) in [7, 11) is -6.23. The third-order valence-electron chi connectivity index (χ3n) is 4.20. The number of nitrogens with one attached hydrogen (secondary N) is 1. The monoisotopic (exact) mass is 396 g/mol. The van der Waals surface area contributed by atoms with Gasteiger partial charge in [-0.05, 0) is 29.8 Å². The molecule has 2 aromatic carbocycles. The van der Waals surface area contributed by atoms with Gasteiger partial charge in [-0.15, -0.1) is 0 Å². The van der Waals surface area contributed by atoms with Crippen LogP contribution in [0, 0.1) is 0 Å². The fourth-order valence-corrected chi connectivity index (χ4v) is 5.29. The highest BCUT2D eigenvalue weighted by Crippen LogP contribution is 2.33. The summed E-state index contributed by atoms with van der Waals surface area (Å²) in [5.41, 5.74) is 1.43. The number of benzene rings is 2. The van der Waals surface area contributed by atoms with Crippen LogP contribution in [0.1, 0.15) is 5.56 Å². The topological polar surface area (TPSA) is 92.8 Å². The Morgan fingerprint density at radius 1 is 1.08 bits per heavy atom. The number of fused-ring (bicyclic) bond motifs is 1. The molecule has 26 heavy (non-hydrogen) atoms. The zero-order valence-corrected chi connectivity index (χ0v) is 16.1. The summed E-state index contributed by atoms with van der Waals surface area (Å²) < 4.78 is 57.0. The largest absolute Gasteiger partial charge is 0.495 e. The first kappa shape index (κ1) is 18.7. The summed E-state index contributed by atoms with van der Waals surface area (Å²) >= 11 is 0. The summed E-state index contributed by atoms with van der Waals surface area (Å²) in [4.78, 5) is -0.238. The molecule has 2 aromatic rings. The average molecular weight is 396 g/mol. The maximum atomic E-state index is 13.4. The minimum Gasteiger partial charge on any atom is -0.495 e. The smallest absolute Gasteiger partial charge is 0.268 e. The molecule has 0 bridgehead atoms. The summed E-state index contributed by atoms with van der Waals surface area (Å²) in [6, 6.07) is 11.1. The molecule has 1 heterocycles. The Balaban J connectivity index is 2.20. The number of para-hydroxylation sites is 1. The van der Waals surface area contributed by atoms with E-state index >= 15 is 0 Å². The van der Waals surface area contributed by atoms with Crippen LogP contribution in [0.15, 0.2) is 52.3 Å². The van der Waals surface area contributed by atoms with Crippen molar-refractivity contribution < 1.29 is 21.6 Å². The standard InChI is InChI=1S/C17H20N2O5S2/c1-24-16-8-7-14(25(2,20)21)11-17(16)26(22,23)19-10-9-18-12-13-5-3-4-6-15(13)19/h3-8,11,18H,9-10,12H2,1-2H3. The fourth-order valence-electron chi connectivity index (χ4n) is 2.89. The van der Waals surface area contributed by atoms with Crippen LogP contribution in [0.4, 0.5) is 5.69 Å². The van der Waals surface area contributed by atoms with Crippen molar-refractivity contribution in [3.8, 4) is 5.75 Å². The summed E-state index contributed by atoms with van der Waals surface area (Å²) in [6.45, 7) is 1.26. The molecule has 0 amide bonds. The number of anilines is 1. The highest BCUT2D eigenvalue weighted by Gasteiger charge is 2.31. The first-order chi connectivity index (χ1) is 12.2. The van der Waals surface area contributed by atoms with E-state index in [1.165, 1.54) is 23.5 Å². The van der Waals surface area contributed by atoms with Crippen LogP contribution >= 0.6 is 0 Å². The predicted molar refractivity (Wildman–Crippen MR) is 98.8 cm³/mol. The zero-order valence-electron chi connectivity index (χ0n) is 14.5. The van der Waals surface area contributed by atoms with Crippen molar-refractivity contribution in [1.82, 2.24) is 5.32 Å². The zero-order chi connectivity index (χ0) is 18.9. The molecule has 0 saturated carbocycles. The Morgan fingerprint density at radius 3 is 2.50 bits per heavy atom. The summed E-state index contributed by atoms with van der Waals surface area (Å²) in [5, 5.41) is 3.19. The lowest BCUT2D eigenvalue weighted by Crippen LogP contribution is -2.35. The predicted octanol–water partition coefficient (Wildman–Crippen LogP) is 1.40. The number of nitrogens with zero attached hydrogens (tertiary/aromatic N) is 1. The number of rotatable bonds is 4. The third-order valence-corrected chi connectivity index (χ3v) is 7.14. The van der Waals surface area contributed by atoms with E-state index < -0.39 is 19.9 Å². The van der Waals surface area contributed by atoms with E-state index in [0.717, 1.165) is 17.9 Å². The van der Waals surface area contributed by atoms with Crippen LogP contribution in [0.2, 0.25) is 0 Å². The van der Waals surface area contributed by atoms with E-state index in [2.05, 4.69) is 5.32 Å². The van der Waals surface area contributed by atoms with Gasteiger partial charge in [0.25, 0.3) is 10.0 Å². The van der Waals surface area contributed by atoms with Crippen molar-refractivity contribution >= 4 is 25.5 Å². The first-order valence-corrected chi connectivity index (χ1v) is 11.3. The van der Waals surface area contributed by atoms with E-state index in [4.69, 9.17) is 4.74 Å². The Morgan fingerprint density at radius 2 is 1.81 bits per heavy atom. The highest BCUT2D eigenvalue weighted by atomic mass is 32.2. The maximum Gasteiger partial charge on any atom is 0.268 e. The van der Waals surface area contributed by atoms with Crippen LogP contribution in [-0.4, -0.2) is 43.3 Å². The number of methoxy groups -OCH3 is 1. The van der Waals surface area contributed by atoms with E-state index in [-0.39, 0.29) is 22.1 Å². The quantitative estimate of drug-likeness (QED) is 0.840. The van der Waals surface area contributed by atoms with Crippen LogP contribution in [-0.2, 0) is 26.4 Å². The van der Waals surface area contributed by atoms with Crippen molar-refractivity contribution in [1.29, 1.82) is 0 Å². The summed E-state index contributed by atoms with van der Waals surface area (Å²) in [6.07, 6.45) is 1.04. The van der Waals surface area contributed by atoms with Crippen molar-refractivity contribution in [3.63, 3.8) is 0 Å². The number of hydrogen-bond donors (Lipinski definition) is 1.